The fourth-order valence-corrected chi connectivity index (χ4v) is 2.53. The zero-order chi connectivity index (χ0) is 16.2. The van der Waals surface area contributed by atoms with Gasteiger partial charge in [0.1, 0.15) is 0 Å². The Labute approximate surface area is 133 Å². The van der Waals surface area contributed by atoms with Crippen molar-refractivity contribution in [2.45, 2.75) is 13.3 Å². The highest BCUT2D eigenvalue weighted by atomic mass is 16.2. The molecule has 5 heteroatoms. The van der Waals surface area contributed by atoms with Crippen molar-refractivity contribution in [2.75, 3.05) is 10.6 Å². The maximum absolute atomic E-state index is 12.2. The van der Waals surface area contributed by atoms with Crippen LogP contribution in [0.1, 0.15) is 12.5 Å². The minimum atomic E-state index is -0.146. The van der Waals surface area contributed by atoms with E-state index in [1.807, 2.05) is 30.5 Å². The minimum Gasteiger partial charge on any atom is -0.361 e. The third-order valence-corrected chi connectivity index (χ3v) is 3.49. The number of hydrogen-bond donors (Lipinski definition) is 3. The van der Waals surface area contributed by atoms with E-state index < -0.39 is 0 Å². The van der Waals surface area contributed by atoms with Crippen molar-refractivity contribution < 1.29 is 9.59 Å². The van der Waals surface area contributed by atoms with Gasteiger partial charge in [0.25, 0.3) is 0 Å². The number of aromatic nitrogens is 1. The molecule has 0 saturated heterocycles. The molecule has 3 aromatic rings. The number of para-hydroxylation sites is 1. The summed E-state index contributed by atoms with van der Waals surface area (Å²) in [6.45, 7) is 1.45. The van der Waals surface area contributed by atoms with E-state index in [9.17, 15) is 9.59 Å². The second-order valence-electron chi connectivity index (χ2n) is 5.35. The summed E-state index contributed by atoms with van der Waals surface area (Å²) in [5.74, 6) is -0.248. The fourth-order valence-electron chi connectivity index (χ4n) is 2.53. The van der Waals surface area contributed by atoms with Gasteiger partial charge in [0, 0.05) is 35.4 Å². The number of carbonyl (C=O) groups is 2. The van der Waals surface area contributed by atoms with Crippen molar-refractivity contribution in [2.24, 2.45) is 0 Å². The summed E-state index contributed by atoms with van der Waals surface area (Å²) in [6, 6.07) is 15.0. The molecule has 2 aromatic carbocycles. The third kappa shape index (κ3) is 3.58. The van der Waals surface area contributed by atoms with Crippen LogP contribution in [0.25, 0.3) is 10.9 Å². The molecule has 0 bridgehead atoms. The van der Waals surface area contributed by atoms with Gasteiger partial charge in [-0.25, -0.2) is 0 Å². The molecule has 2 amide bonds. The fraction of sp³-hybridized carbons (Fsp3) is 0.111. The summed E-state index contributed by atoms with van der Waals surface area (Å²) < 4.78 is 0. The number of fused-ring (bicyclic) bond motifs is 1. The highest BCUT2D eigenvalue weighted by molar-refractivity contribution is 5.96. The topological polar surface area (TPSA) is 74.0 Å². The first kappa shape index (κ1) is 14.8. The smallest absolute Gasteiger partial charge is 0.228 e. The van der Waals surface area contributed by atoms with Crippen LogP contribution in [0.2, 0.25) is 0 Å². The Morgan fingerprint density at radius 3 is 2.52 bits per heavy atom. The van der Waals surface area contributed by atoms with Crippen LogP contribution in [0, 0.1) is 0 Å². The number of amides is 2. The van der Waals surface area contributed by atoms with E-state index in [0.29, 0.717) is 11.4 Å². The van der Waals surface area contributed by atoms with Crippen LogP contribution in [0.4, 0.5) is 11.4 Å². The minimum absolute atomic E-state index is 0.102. The highest BCUT2D eigenvalue weighted by Crippen LogP contribution is 2.19. The van der Waals surface area contributed by atoms with E-state index >= 15 is 0 Å². The second kappa shape index (κ2) is 6.36. The Hall–Kier alpha value is -3.08. The molecule has 0 unspecified atom stereocenters. The summed E-state index contributed by atoms with van der Waals surface area (Å²) in [4.78, 5) is 26.5. The molecule has 0 fully saturated rings. The molecule has 3 N–H and O–H groups in total. The van der Waals surface area contributed by atoms with Crippen LogP contribution >= 0.6 is 0 Å². The Kier molecular flexibility index (Phi) is 4.10. The second-order valence-corrected chi connectivity index (χ2v) is 5.35. The van der Waals surface area contributed by atoms with Gasteiger partial charge in [0.15, 0.2) is 0 Å². The average molecular weight is 307 g/mol. The summed E-state index contributed by atoms with van der Waals surface area (Å²) in [7, 11) is 0. The molecule has 0 aliphatic heterocycles. The molecule has 0 radical (unpaired) electrons. The lowest BCUT2D eigenvalue weighted by Gasteiger charge is -2.07. The Balaban J connectivity index is 1.71. The number of H-pyrrole nitrogens is 1. The molecule has 0 saturated carbocycles. The van der Waals surface area contributed by atoms with Gasteiger partial charge in [-0.2, -0.15) is 0 Å². The van der Waals surface area contributed by atoms with Crippen LogP contribution < -0.4 is 10.6 Å². The van der Waals surface area contributed by atoms with E-state index in [2.05, 4.69) is 15.6 Å². The number of aromatic amines is 1. The van der Waals surface area contributed by atoms with Gasteiger partial charge in [-0.1, -0.05) is 24.3 Å². The molecule has 5 nitrogen and oxygen atoms in total. The van der Waals surface area contributed by atoms with Crippen molar-refractivity contribution >= 4 is 34.1 Å². The zero-order valence-electron chi connectivity index (χ0n) is 12.7. The standard InChI is InChI=1S/C18H17N3O2/c1-12(22)20-14-5-4-6-15(10-14)21-18(23)9-13-11-19-17-8-3-2-7-16(13)17/h2-8,10-11,19H,9H2,1H3,(H,20,22)(H,21,23). The summed E-state index contributed by atoms with van der Waals surface area (Å²) in [5.41, 5.74) is 3.28. The molecule has 3 rings (SSSR count). The lowest BCUT2D eigenvalue weighted by atomic mass is 10.1. The van der Waals surface area contributed by atoms with Crippen molar-refractivity contribution in [1.82, 2.24) is 4.98 Å². The van der Waals surface area contributed by atoms with Crippen molar-refractivity contribution in [1.29, 1.82) is 0 Å². The van der Waals surface area contributed by atoms with Gasteiger partial charge in [-0.15, -0.1) is 0 Å². The lowest BCUT2D eigenvalue weighted by Crippen LogP contribution is -2.14. The van der Waals surface area contributed by atoms with Crippen molar-refractivity contribution in [3.8, 4) is 0 Å². The summed E-state index contributed by atoms with van der Waals surface area (Å²) in [5, 5.41) is 6.60. The van der Waals surface area contributed by atoms with Gasteiger partial charge in [-0.3, -0.25) is 9.59 Å². The van der Waals surface area contributed by atoms with E-state index in [-0.39, 0.29) is 18.2 Å². The first-order valence-electron chi connectivity index (χ1n) is 7.34. The summed E-state index contributed by atoms with van der Waals surface area (Å²) in [6.07, 6.45) is 2.15. The van der Waals surface area contributed by atoms with Crippen LogP contribution in [-0.4, -0.2) is 16.8 Å². The Morgan fingerprint density at radius 1 is 1.00 bits per heavy atom. The number of rotatable bonds is 4. The van der Waals surface area contributed by atoms with E-state index in [1.54, 1.807) is 24.3 Å². The molecule has 116 valence electrons. The molecule has 1 heterocycles. The largest absolute Gasteiger partial charge is 0.361 e. The number of carbonyl (C=O) groups excluding carboxylic acids is 2. The predicted octanol–water partition coefficient (Wildman–Crippen LogP) is 3.31. The molecule has 0 aliphatic carbocycles. The summed E-state index contributed by atoms with van der Waals surface area (Å²) >= 11 is 0. The molecule has 1 aromatic heterocycles. The normalized spacial score (nSPS) is 10.5. The molecular weight excluding hydrogens is 290 g/mol. The average Bonchev–Trinajstić information content (AvgIpc) is 2.90. The number of benzene rings is 2. The number of anilines is 2. The predicted molar refractivity (Wildman–Crippen MR) is 91.4 cm³/mol. The Bertz CT molecular complexity index is 867. The van der Waals surface area contributed by atoms with Crippen LogP contribution in [0.15, 0.2) is 54.7 Å². The molecule has 0 spiro atoms. The van der Waals surface area contributed by atoms with E-state index in [4.69, 9.17) is 0 Å². The maximum Gasteiger partial charge on any atom is 0.228 e. The van der Waals surface area contributed by atoms with Gasteiger partial charge in [-0.05, 0) is 29.8 Å². The van der Waals surface area contributed by atoms with E-state index in [0.717, 1.165) is 16.5 Å². The van der Waals surface area contributed by atoms with Crippen LogP contribution in [-0.2, 0) is 16.0 Å². The number of nitrogens with one attached hydrogen (secondary N) is 3. The van der Waals surface area contributed by atoms with Crippen LogP contribution in [0.5, 0.6) is 0 Å². The van der Waals surface area contributed by atoms with Gasteiger partial charge >= 0.3 is 0 Å². The van der Waals surface area contributed by atoms with Crippen molar-refractivity contribution in [3.05, 3.63) is 60.3 Å². The molecule has 0 atom stereocenters. The SMILES string of the molecule is CC(=O)Nc1cccc(NC(=O)Cc2c[nH]c3ccccc23)c1. The molecule has 0 aliphatic rings. The Morgan fingerprint density at radius 2 is 1.74 bits per heavy atom. The number of hydrogen-bond acceptors (Lipinski definition) is 2. The lowest BCUT2D eigenvalue weighted by molar-refractivity contribution is -0.115. The van der Waals surface area contributed by atoms with Crippen molar-refractivity contribution in [3.63, 3.8) is 0 Å². The molecule has 23 heavy (non-hydrogen) atoms. The maximum atomic E-state index is 12.2. The van der Waals surface area contributed by atoms with Gasteiger partial charge in [0.05, 0.1) is 6.42 Å². The zero-order valence-corrected chi connectivity index (χ0v) is 12.7. The van der Waals surface area contributed by atoms with Gasteiger partial charge < -0.3 is 15.6 Å². The first-order valence-corrected chi connectivity index (χ1v) is 7.34. The van der Waals surface area contributed by atoms with E-state index in [1.165, 1.54) is 6.92 Å². The third-order valence-electron chi connectivity index (χ3n) is 3.49. The quantitative estimate of drug-likeness (QED) is 0.692. The van der Waals surface area contributed by atoms with Crippen LogP contribution in [0.3, 0.4) is 0 Å². The first-order chi connectivity index (χ1) is 11.1. The van der Waals surface area contributed by atoms with Gasteiger partial charge in [0.2, 0.25) is 11.8 Å². The highest BCUT2D eigenvalue weighted by Gasteiger charge is 2.09. The monoisotopic (exact) mass is 307 g/mol. The molecular formula is C18H17N3O2.